The molecule has 1 atom stereocenters. The highest BCUT2D eigenvalue weighted by Crippen LogP contribution is 2.24. The minimum atomic E-state index is -0.217. The highest BCUT2D eigenvalue weighted by molar-refractivity contribution is 5.60. The molecule has 1 unspecified atom stereocenters. The van der Waals surface area contributed by atoms with Gasteiger partial charge in [-0.15, -0.1) is 0 Å². The summed E-state index contributed by atoms with van der Waals surface area (Å²) in [5, 5.41) is 3.35. The van der Waals surface area contributed by atoms with Gasteiger partial charge in [0.2, 0.25) is 0 Å². The molecule has 94 valence electrons. The molecule has 0 saturated carbocycles. The molecule has 0 aromatic heterocycles. The van der Waals surface area contributed by atoms with Gasteiger partial charge in [-0.1, -0.05) is 18.2 Å². The maximum Gasteiger partial charge on any atom is 0.123 e. The zero-order valence-corrected chi connectivity index (χ0v) is 10.6. The molecular formula is C15H17FN2. The zero-order chi connectivity index (χ0) is 13.1. The number of rotatable bonds is 3. The Balaban J connectivity index is 2.21. The molecule has 0 heterocycles. The lowest BCUT2D eigenvalue weighted by molar-refractivity contribution is 0.623. The molecule has 0 amide bonds. The van der Waals surface area contributed by atoms with Gasteiger partial charge in [0.05, 0.1) is 0 Å². The second-order valence-corrected chi connectivity index (χ2v) is 4.50. The van der Waals surface area contributed by atoms with E-state index >= 15 is 0 Å². The molecule has 0 radical (unpaired) electrons. The largest absolute Gasteiger partial charge is 0.399 e. The van der Waals surface area contributed by atoms with Crippen molar-refractivity contribution in [2.24, 2.45) is 0 Å². The molecule has 2 nitrogen and oxygen atoms in total. The molecule has 2 aromatic rings. The first-order valence-electron chi connectivity index (χ1n) is 5.94. The van der Waals surface area contributed by atoms with Gasteiger partial charge in [0, 0.05) is 17.4 Å². The van der Waals surface area contributed by atoms with E-state index in [1.165, 1.54) is 6.07 Å². The number of nitrogen functional groups attached to an aromatic ring is 1. The molecule has 0 aliphatic carbocycles. The van der Waals surface area contributed by atoms with Crippen molar-refractivity contribution in [1.82, 2.24) is 0 Å². The van der Waals surface area contributed by atoms with Crippen molar-refractivity contribution < 1.29 is 4.39 Å². The maximum absolute atomic E-state index is 13.2. The first-order chi connectivity index (χ1) is 8.56. The van der Waals surface area contributed by atoms with E-state index in [0.29, 0.717) is 0 Å². The van der Waals surface area contributed by atoms with Gasteiger partial charge in [0.15, 0.2) is 0 Å². The number of aryl methyl sites for hydroxylation is 1. The van der Waals surface area contributed by atoms with Gasteiger partial charge in [0.25, 0.3) is 0 Å². The van der Waals surface area contributed by atoms with Crippen molar-refractivity contribution in [1.29, 1.82) is 0 Å². The Kier molecular flexibility index (Phi) is 3.51. The van der Waals surface area contributed by atoms with Crippen LogP contribution in [0, 0.1) is 12.7 Å². The summed E-state index contributed by atoms with van der Waals surface area (Å²) >= 11 is 0. The quantitative estimate of drug-likeness (QED) is 0.804. The van der Waals surface area contributed by atoms with Gasteiger partial charge in [-0.3, -0.25) is 0 Å². The van der Waals surface area contributed by atoms with Gasteiger partial charge >= 0.3 is 0 Å². The average Bonchev–Trinajstić information content (AvgIpc) is 2.34. The minimum Gasteiger partial charge on any atom is -0.399 e. The summed E-state index contributed by atoms with van der Waals surface area (Å²) in [6.45, 7) is 4.01. The van der Waals surface area contributed by atoms with Gasteiger partial charge in [-0.2, -0.15) is 0 Å². The van der Waals surface area contributed by atoms with Crippen molar-refractivity contribution in [2.75, 3.05) is 11.1 Å². The zero-order valence-electron chi connectivity index (χ0n) is 10.6. The molecular weight excluding hydrogens is 227 g/mol. The van der Waals surface area contributed by atoms with E-state index in [0.717, 1.165) is 22.5 Å². The summed E-state index contributed by atoms with van der Waals surface area (Å²) in [7, 11) is 0. The fraction of sp³-hybridized carbons (Fsp3) is 0.200. The van der Waals surface area contributed by atoms with Crippen LogP contribution < -0.4 is 11.1 Å². The molecule has 0 aliphatic rings. The first-order valence-corrected chi connectivity index (χ1v) is 5.94. The van der Waals surface area contributed by atoms with E-state index in [2.05, 4.69) is 5.32 Å². The number of halogens is 1. The van der Waals surface area contributed by atoms with Gasteiger partial charge < -0.3 is 11.1 Å². The summed E-state index contributed by atoms with van der Waals surface area (Å²) < 4.78 is 13.2. The van der Waals surface area contributed by atoms with Crippen molar-refractivity contribution in [2.45, 2.75) is 19.9 Å². The monoisotopic (exact) mass is 244 g/mol. The molecule has 0 aliphatic heterocycles. The normalized spacial score (nSPS) is 12.2. The predicted molar refractivity (Wildman–Crippen MR) is 74.0 cm³/mol. The molecule has 3 N–H and O–H groups in total. The third-order valence-electron chi connectivity index (χ3n) is 2.98. The van der Waals surface area contributed by atoms with Crippen LogP contribution in [0.25, 0.3) is 0 Å². The Labute approximate surface area is 107 Å². The van der Waals surface area contributed by atoms with Crippen LogP contribution in [-0.2, 0) is 0 Å². The van der Waals surface area contributed by atoms with E-state index in [1.54, 1.807) is 12.1 Å². The topological polar surface area (TPSA) is 38.0 Å². The van der Waals surface area contributed by atoms with E-state index in [9.17, 15) is 4.39 Å². The number of hydrogen-bond acceptors (Lipinski definition) is 2. The average molecular weight is 244 g/mol. The first kappa shape index (κ1) is 12.4. The van der Waals surface area contributed by atoms with Crippen LogP contribution in [0.1, 0.15) is 24.1 Å². The lowest BCUT2D eigenvalue weighted by Crippen LogP contribution is -2.08. The molecule has 0 fully saturated rings. The van der Waals surface area contributed by atoms with Gasteiger partial charge in [-0.05, 0) is 49.2 Å². The summed E-state index contributed by atoms with van der Waals surface area (Å²) in [5.74, 6) is -0.217. The SMILES string of the molecule is Cc1ccc(N)cc1NC(C)c1cccc(F)c1. The fourth-order valence-electron chi connectivity index (χ4n) is 1.89. The van der Waals surface area contributed by atoms with Crippen LogP contribution in [0.2, 0.25) is 0 Å². The van der Waals surface area contributed by atoms with Crippen LogP contribution >= 0.6 is 0 Å². The highest BCUT2D eigenvalue weighted by Gasteiger charge is 2.07. The van der Waals surface area contributed by atoms with Crippen molar-refractivity contribution >= 4 is 11.4 Å². The van der Waals surface area contributed by atoms with Crippen LogP contribution in [0.5, 0.6) is 0 Å². The molecule has 0 spiro atoms. The third-order valence-corrected chi connectivity index (χ3v) is 2.98. The Morgan fingerprint density at radius 1 is 1.17 bits per heavy atom. The molecule has 3 heteroatoms. The fourth-order valence-corrected chi connectivity index (χ4v) is 1.89. The summed E-state index contributed by atoms with van der Waals surface area (Å²) in [5.41, 5.74) is 9.49. The second kappa shape index (κ2) is 5.08. The van der Waals surface area contributed by atoms with Crippen molar-refractivity contribution in [3.05, 3.63) is 59.4 Å². The summed E-state index contributed by atoms with van der Waals surface area (Å²) in [6, 6.07) is 12.4. The molecule has 2 rings (SSSR count). The standard InChI is InChI=1S/C15H17FN2/c1-10-6-7-14(17)9-15(10)18-11(2)12-4-3-5-13(16)8-12/h3-9,11,18H,17H2,1-2H3. The predicted octanol–water partition coefficient (Wildman–Crippen LogP) is 3.89. The van der Waals surface area contributed by atoms with Gasteiger partial charge in [-0.25, -0.2) is 4.39 Å². The van der Waals surface area contributed by atoms with Gasteiger partial charge in [0.1, 0.15) is 5.82 Å². The van der Waals surface area contributed by atoms with Crippen LogP contribution in [0.3, 0.4) is 0 Å². The Morgan fingerprint density at radius 2 is 1.94 bits per heavy atom. The van der Waals surface area contributed by atoms with E-state index in [-0.39, 0.29) is 11.9 Å². The Bertz CT molecular complexity index is 552. The third kappa shape index (κ3) is 2.80. The Morgan fingerprint density at radius 3 is 2.67 bits per heavy atom. The lowest BCUT2D eigenvalue weighted by atomic mass is 10.1. The smallest absolute Gasteiger partial charge is 0.123 e. The van der Waals surface area contributed by atoms with E-state index in [4.69, 9.17) is 5.73 Å². The van der Waals surface area contributed by atoms with Crippen molar-refractivity contribution in [3.63, 3.8) is 0 Å². The van der Waals surface area contributed by atoms with E-state index < -0.39 is 0 Å². The van der Waals surface area contributed by atoms with Crippen LogP contribution in [0.4, 0.5) is 15.8 Å². The molecule has 18 heavy (non-hydrogen) atoms. The molecule has 2 aromatic carbocycles. The van der Waals surface area contributed by atoms with Crippen molar-refractivity contribution in [3.8, 4) is 0 Å². The minimum absolute atomic E-state index is 0.0289. The number of hydrogen-bond donors (Lipinski definition) is 2. The maximum atomic E-state index is 13.2. The lowest BCUT2D eigenvalue weighted by Gasteiger charge is -2.18. The van der Waals surface area contributed by atoms with E-state index in [1.807, 2.05) is 38.1 Å². The molecule has 0 saturated heterocycles. The van der Waals surface area contributed by atoms with Crippen LogP contribution in [0.15, 0.2) is 42.5 Å². The number of benzene rings is 2. The summed E-state index contributed by atoms with van der Waals surface area (Å²) in [4.78, 5) is 0. The van der Waals surface area contributed by atoms with Crippen LogP contribution in [-0.4, -0.2) is 0 Å². The summed E-state index contributed by atoms with van der Waals surface area (Å²) in [6.07, 6.45) is 0. The number of anilines is 2. The highest BCUT2D eigenvalue weighted by atomic mass is 19.1. The Hall–Kier alpha value is -2.03. The number of nitrogens with two attached hydrogens (primary N) is 1. The number of nitrogens with one attached hydrogen (secondary N) is 1. The molecule has 0 bridgehead atoms. The second-order valence-electron chi connectivity index (χ2n) is 4.50.